The summed E-state index contributed by atoms with van der Waals surface area (Å²) in [5.41, 5.74) is 0.989. The summed E-state index contributed by atoms with van der Waals surface area (Å²) < 4.78 is 5.09. The van der Waals surface area contributed by atoms with Gasteiger partial charge in [-0.25, -0.2) is 4.98 Å². The molecule has 0 saturated carbocycles. The van der Waals surface area contributed by atoms with E-state index in [2.05, 4.69) is 15.2 Å². The van der Waals surface area contributed by atoms with E-state index in [-0.39, 0.29) is 5.91 Å². The summed E-state index contributed by atoms with van der Waals surface area (Å²) in [6.07, 6.45) is 2.72. The number of hydrogen-bond donors (Lipinski definition) is 1. The fraction of sp³-hybridized carbons (Fsp3) is 0.750. The number of nitrogens with zero attached hydrogens (tertiary/aromatic N) is 2. The summed E-state index contributed by atoms with van der Waals surface area (Å²) in [4.78, 5) is 20.0. The summed E-state index contributed by atoms with van der Waals surface area (Å²) in [7, 11) is 1.74. The first-order valence-electron chi connectivity index (χ1n) is 7.99. The quantitative estimate of drug-likeness (QED) is 0.740. The van der Waals surface area contributed by atoms with E-state index in [0.29, 0.717) is 12.3 Å². The zero-order chi connectivity index (χ0) is 15.9. The number of carbonyl (C=O) groups is 1. The lowest BCUT2D eigenvalue weighted by Crippen LogP contribution is -2.32. The highest BCUT2D eigenvalue weighted by molar-refractivity contribution is 7.11. The van der Waals surface area contributed by atoms with Crippen LogP contribution in [0, 0.1) is 19.8 Å². The molecule has 124 valence electrons. The number of methoxy groups -OCH3 is 1. The van der Waals surface area contributed by atoms with Crippen LogP contribution in [0.2, 0.25) is 0 Å². The molecule has 1 saturated heterocycles. The number of nitrogens with one attached hydrogen (secondary N) is 1. The Kier molecular flexibility index (Phi) is 6.79. The van der Waals surface area contributed by atoms with Crippen molar-refractivity contribution in [2.24, 2.45) is 5.92 Å². The highest BCUT2D eigenvalue weighted by Gasteiger charge is 2.22. The van der Waals surface area contributed by atoms with Gasteiger partial charge in [0.05, 0.1) is 17.1 Å². The van der Waals surface area contributed by atoms with Crippen LogP contribution in [0.15, 0.2) is 0 Å². The Morgan fingerprint density at radius 2 is 2.32 bits per heavy atom. The van der Waals surface area contributed by atoms with Gasteiger partial charge in [-0.1, -0.05) is 0 Å². The first-order valence-corrected chi connectivity index (χ1v) is 8.81. The van der Waals surface area contributed by atoms with E-state index in [1.54, 1.807) is 18.4 Å². The Morgan fingerprint density at radius 1 is 1.50 bits per heavy atom. The maximum Gasteiger partial charge on any atom is 0.225 e. The number of aryl methyl sites for hydroxylation is 2. The van der Waals surface area contributed by atoms with Crippen LogP contribution >= 0.6 is 11.3 Å². The Labute approximate surface area is 137 Å². The van der Waals surface area contributed by atoms with Gasteiger partial charge in [-0.15, -0.1) is 11.3 Å². The smallest absolute Gasteiger partial charge is 0.225 e. The average molecular weight is 325 g/mol. The minimum atomic E-state index is 0.115. The molecule has 1 atom stereocenters. The second kappa shape index (κ2) is 8.60. The summed E-state index contributed by atoms with van der Waals surface area (Å²) in [6.45, 7) is 8.89. The summed E-state index contributed by atoms with van der Waals surface area (Å²) in [5, 5.41) is 4.12. The molecule has 1 aromatic rings. The van der Waals surface area contributed by atoms with Crippen LogP contribution in [0.1, 0.15) is 28.4 Å². The number of carbonyl (C=O) groups excluding carboxylic acids is 1. The van der Waals surface area contributed by atoms with Gasteiger partial charge >= 0.3 is 0 Å². The third-order valence-electron chi connectivity index (χ3n) is 4.10. The van der Waals surface area contributed by atoms with E-state index in [0.717, 1.165) is 54.8 Å². The minimum Gasteiger partial charge on any atom is -0.385 e. The molecule has 6 heteroatoms. The molecule has 0 spiro atoms. The molecule has 5 nitrogen and oxygen atoms in total. The number of hydrogen-bond acceptors (Lipinski definition) is 5. The SMILES string of the molecule is COCCCN1CCC(CNC(=O)Cc2sc(C)nc2C)C1. The predicted octanol–water partition coefficient (Wildman–Crippen LogP) is 1.78. The Balaban J connectivity index is 1.66. The number of amides is 1. The molecule has 0 aliphatic carbocycles. The van der Waals surface area contributed by atoms with E-state index >= 15 is 0 Å². The third-order valence-corrected chi connectivity index (χ3v) is 5.17. The number of aromatic nitrogens is 1. The molecule has 0 radical (unpaired) electrons. The van der Waals surface area contributed by atoms with Crippen molar-refractivity contribution < 1.29 is 9.53 Å². The monoisotopic (exact) mass is 325 g/mol. The van der Waals surface area contributed by atoms with E-state index in [1.165, 1.54) is 6.42 Å². The molecule has 1 amide bonds. The lowest BCUT2D eigenvalue weighted by molar-refractivity contribution is -0.120. The average Bonchev–Trinajstić information content (AvgIpc) is 3.04. The second-order valence-corrected chi connectivity index (χ2v) is 7.31. The van der Waals surface area contributed by atoms with E-state index in [9.17, 15) is 4.79 Å². The second-order valence-electron chi connectivity index (χ2n) is 6.02. The number of likely N-dealkylation sites (tertiary alicyclic amines) is 1. The molecule has 1 aromatic heterocycles. The molecule has 0 aromatic carbocycles. The zero-order valence-corrected chi connectivity index (χ0v) is 14.7. The van der Waals surface area contributed by atoms with Crippen molar-refractivity contribution in [3.63, 3.8) is 0 Å². The first kappa shape index (κ1) is 17.4. The highest BCUT2D eigenvalue weighted by atomic mass is 32.1. The lowest BCUT2D eigenvalue weighted by Gasteiger charge is -2.16. The van der Waals surface area contributed by atoms with Gasteiger partial charge < -0.3 is 15.0 Å². The fourth-order valence-corrected chi connectivity index (χ4v) is 3.85. The van der Waals surface area contributed by atoms with E-state index in [4.69, 9.17) is 4.74 Å². The van der Waals surface area contributed by atoms with Gasteiger partial charge in [0.1, 0.15) is 0 Å². The molecule has 2 rings (SSSR count). The van der Waals surface area contributed by atoms with Crippen LogP contribution in [0.3, 0.4) is 0 Å². The van der Waals surface area contributed by atoms with Crippen LogP contribution in [0.5, 0.6) is 0 Å². The van der Waals surface area contributed by atoms with Crippen molar-refractivity contribution in [1.29, 1.82) is 0 Å². The molecule has 2 heterocycles. The van der Waals surface area contributed by atoms with Crippen molar-refractivity contribution in [2.75, 3.05) is 39.9 Å². The molecule has 22 heavy (non-hydrogen) atoms. The van der Waals surface area contributed by atoms with Crippen molar-refractivity contribution in [3.8, 4) is 0 Å². The van der Waals surface area contributed by atoms with Gasteiger partial charge in [0.25, 0.3) is 0 Å². The zero-order valence-electron chi connectivity index (χ0n) is 13.9. The van der Waals surface area contributed by atoms with Crippen LogP contribution in [0.25, 0.3) is 0 Å². The lowest BCUT2D eigenvalue weighted by atomic mass is 10.1. The maximum atomic E-state index is 12.1. The third kappa shape index (κ3) is 5.34. The van der Waals surface area contributed by atoms with Gasteiger partial charge in [0, 0.05) is 38.2 Å². The largest absolute Gasteiger partial charge is 0.385 e. The summed E-state index contributed by atoms with van der Waals surface area (Å²) >= 11 is 1.62. The summed E-state index contributed by atoms with van der Waals surface area (Å²) in [6, 6.07) is 0. The Hall–Kier alpha value is -0.980. The molecule has 1 fully saturated rings. The fourth-order valence-electron chi connectivity index (χ4n) is 2.92. The number of thiazole rings is 1. The van der Waals surface area contributed by atoms with Crippen molar-refractivity contribution in [2.45, 2.75) is 33.1 Å². The number of rotatable bonds is 8. The van der Waals surface area contributed by atoms with Crippen LogP contribution in [0.4, 0.5) is 0 Å². The van der Waals surface area contributed by atoms with Crippen molar-refractivity contribution >= 4 is 17.2 Å². The van der Waals surface area contributed by atoms with Crippen molar-refractivity contribution in [1.82, 2.24) is 15.2 Å². The molecule has 1 aliphatic heterocycles. The number of ether oxygens (including phenoxy) is 1. The molecule has 1 aliphatic rings. The predicted molar refractivity (Wildman–Crippen MR) is 89.3 cm³/mol. The molecule has 1 N–H and O–H groups in total. The van der Waals surface area contributed by atoms with Gasteiger partial charge in [-0.05, 0) is 39.2 Å². The summed E-state index contributed by atoms with van der Waals surface area (Å²) in [5.74, 6) is 0.695. The highest BCUT2D eigenvalue weighted by Crippen LogP contribution is 2.18. The topological polar surface area (TPSA) is 54.5 Å². The van der Waals surface area contributed by atoms with Crippen LogP contribution < -0.4 is 5.32 Å². The Morgan fingerprint density at radius 3 is 3.00 bits per heavy atom. The van der Waals surface area contributed by atoms with E-state index in [1.807, 2.05) is 13.8 Å². The molecular weight excluding hydrogens is 298 g/mol. The molecule has 1 unspecified atom stereocenters. The normalized spacial score (nSPS) is 18.8. The van der Waals surface area contributed by atoms with Crippen LogP contribution in [-0.4, -0.2) is 55.7 Å². The Bertz CT molecular complexity index is 490. The maximum absolute atomic E-state index is 12.1. The first-order chi connectivity index (χ1) is 10.6. The molecular formula is C16H27N3O2S. The van der Waals surface area contributed by atoms with Gasteiger partial charge in [0.15, 0.2) is 0 Å². The van der Waals surface area contributed by atoms with Crippen molar-refractivity contribution in [3.05, 3.63) is 15.6 Å². The van der Waals surface area contributed by atoms with Gasteiger partial charge in [-0.2, -0.15) is 0 Å². The van der Waals surface area contributed by atoms with Crippen LogP contribution in [-0.2, 0) is 16.0 Å². The standard InChI is InChI=1S/C16H27N3O2S/c1-12-15(22-13(2)18-12)9-16(20)17-10-14-5-7-19(11-14)6-4-8-21-3/h14H,4-11H2,1-3H3,(H,17,20). The minimum absolute atomic E-state index is 0.115. The van der Waals surface area contributed by atoms with Gasteiger partial charge in [-0.3, -0.25) is 4.79 Å². The molecule has 0 bridgehead atoms. The van der Waals surface area contributed by atoms with E-state index < -0.39 is 0 Å². The van der Waals surface area contributed by atoms with Gasteiger partial charge in [0.2, 0.25) is 5.91 Å².